The third-order valence-corrected chi connectivity index (χ3v) is 5.84. The van der Waals surface area contributed by atoms with E-state index in [0.717, 1.165) is 36.5 Å². The first-order valence-electron chi connectivity index (χ1n) is 9.04. The highest BCUT2D eigenvalue weighted by atomic mass is 19.4. The molecule has 1 atom stereocenters. The molecule has 1 saturated heterocycles. The highest BCUT2D eigenvalue weighted by Gasteiger charge is 2.51. The number of anilines is 1. The Labute approximate surface area is 156 Å². The van der Waals surface area contributed by atoms with Crippen LogP contribution in [-0.2, 0) is 6.18 Å². The zero-order chi connectivity index (χ0) is 19.2. The van der Waals surface area contributed by atoms with Crippen molar-refractivity contribution in [1.82, 2.24) is 5.32 Å². The van der Waals surface area contributed by atoms with Gasteiger partial charge in [-0.3, -0.25) is 5.32 Å². The average Bonchev–Trinajstić information content (AvgIpc) is 3.02. The molecule has 1 heterocycles. The van der Waals surface area contributed by atoms with Gasteiger partial charge in [0.25, 0.3) is 0 Å². The molecule has 2 aliphatic rings. The van der Waals surface area contributed by atoms with Crippen LogP contribution in [0.15, 0.2) is 42.5 Å². The molecule has 1 unspecified atom stereocenters. The predicted molar refractivity (Wildman–Crippen MR) is 97.1 cm³/mol. The number of nitrogens with zero attached hydrogens (tertiary/aromatic N) is 2. The predicted octanol–water partition coefficient (Wildman–Crippen LogP) is 4.92. The van der Waals surface area contributed by atoms with Gasteiger partial charge in [-0.25, -0.2) is 0 Å². The minimum absolute atomic E-state index is 0.0270. The van der Waals surface area contributed by atoms with Crippen LogP contribution in [0.4, 0.5) is 18.9 Å². The number of alkyl halides is 3. The van der Waals surface area contributed by atoms with Gasteiger partial charge in [0.05, 0.1) is 29.9 Å². The summed E-state index contributed by atoms with van der Waals surface area (Å²) in [5.41, 5.74) is 1.42. The van der Waals surface area contributed by atoms with Gasteiger partial charge in [0.15, 0.2) is 0 Å². The topological polar surface area (TPSA) is 39.1 Å². The largest absolute Gasteiger partial charge is 0.417 e. The average molecular weight is 371 g/mol. The lowest BCUT2D eigenvalue weighted by atomic mass is 9.70. The molecule has 1 saturated carbocycles. The van der Waals surface area contributed by atoms with Gasteiger partial charge < -0.3 is 4.90 Å². The van der Waals surface area contributed by atoms with Crippen molar-refractivity contribution in [3.05, 3.63) is 64.7 Å². The molecule has 0 bridgehead atoms. The summed E-state index contributed by atoms with van der Waals surface area (Å²) in [5.74, 6) is 0. The van der Waals surface area contributed by atoms with Crippen LogP contribution in [0, 0.1) is 18.3 Å². The summed E-state index contributed by atoms with van der Waals surface area (Å²) in [6.45, 7) is 2.51. The monoisotopic (exact) mass is 371 g/mol. The summed E-state index contributed by atoms with van der Waals surface area (Å²) in [5, 5.41) is 12.6. The zero-order valence-corrected chi connectivity index (χ0v) is 15.0. The van der Waals surface area contributed by atoms with Gasteiger partial charge in [0.1, 0.15) is 0 Å². The van der Waals surface area contributed by atoms with E-state index in [9.17, 15) is 13.2 Å². The summed E-state index contributed by atoms with van der Waals surface area (Å²) in [7, 11) is 0. The van der Waals surface area contributed by atoms with Gasteiger partial charge in [-0.2, -0.15) is 18.4 Å². The van der Waals surface area contributed by atoms with E-state index in [0.29, 0.717) is 12.4 Å². The third kappa shape index (κ3) is 2.96. The Morgan fingerprint density at radius 2 is 1.85 bits per heavy atom. The molecule has 0 amide bonds. The molecule has 4 rings (SSSR count). The Bertz CT molecular complexity index is 892. The molecule has 2 aromatic rings. The molecule has 2 aromatic carbocycles. The number of hydrogen-bond donors (Lipinski definition) is 1. The maximum absolute atomic E-state index is 13.4. The normalized spacial score (nSPS) is 21.1. The van der Waals surface area contributed by atoms with Crippen molar-refractivity contribution < 1.29 is 13.2 Å². The molecule has 1 spiro atoms. The number of aryl methyl sites for hydroxylation is 1. The first-order chi connectivity index (χ1) is 12.8. The SMILES string of the molecule is Cc1ccc(C2N(c3ccc(C#N)c(C(F)(F)F)c3)CNC23CCC3)cc1. The summed E-state index contributed by atoms with van der Waals surface area (Å²) in [6, 6.07) is 13.8. The van der Waals surface area contributed by atoms with E-state index in [-0.39, 0.29) is 17.1 Å². The lowest BCUT2D eigenvalue weighted by molar-refractivity contribution is -0.137. The summed E-state index contributed by atoms with van der Waals surface area (Å²) < 4.78 is 40.2. The number of nitriles is 1. The van der Waals surface area contributed by atoms with Crippen molar-refractivity contribution in [2.75, 3.05) is 11.6 Å². The fourth-order valence-corrected chi connectivity index (χ4v) is 4.27. The van der Waals surface area contributed by atoms with Gasteiger partial charge in [0, 0.05) is 11.2 Å². The van der Waals surface area contributed by atoms with E-state index >= 15 is 0 Å². The number of hydrogen-bond acceptors (Lipinski definition) is 3. The second kappa shape index (κ2) is 6.28. The van der Waals surface area contributed by atoms with Gasteiger partial charge in [0.2, 0.25) is 0 Å². The molecule has 2 fully saturated rings. The molecule has 27 heavy (non-hydrogen) atoms. The van der Waals surface area contributed by atoms with E-state index in [2.05, 4.69) is 17.4 Å². The number of halogens is 3. The zero-order valence-electron chi connectivity index (χ0n) is 15.0. The maximum atomic E-state index is 13.4. The summed E-state index contributed by atoms with van der Waals surface area (Å²) in [4.78, 5) is 2.00. The van der Waals surface area contributed by atoms with Gasteiger partial charge in [-0.1, -0.05) is 29.8 Å². The summed E-state index contributed by atoms with van der Waals surface area (Å²) in [6.07, 6.45) is -1.43. The van der Waals surface area contributed by atoms with Gasteiger partial charge in [-0.15, -0.1) is 0 Å². The smallest absolute Gasteiger partial charge is 0.350 e. The van der Waals surface area contributed by atoms with Crippen LogP contribution in [0.3, 0.4) is 0 Å². The molecule has 6 heteroatoms. The van der Waals surface area contributed by atoms with E-state index in [1.165, 1.54) is 6.07 Å². The van der Waals surface area contributed by atoms with Crippen LogP contribution in [0.5, 0.6) is 0 Å². The van der Waals surface area contributed by atoms with Gasteiger partial charge in [-0.05, 0) is 49.9 Å². The second-order valence-corrected chi connectivity index (χ2v) is 7.47. The van der Waals surface area contributed by atoms with Crippen molar-refractivity contribution in [2.24, 2.45) is 0 Å². The minimum Gasteiger partial charge on any atom is -0.350 e. The molecule has 1 aliphatic heterocycles. The van der Waals surface area contributed by atoms with E-state index in [4.69, 9.17) is 5.26 Å². The Morgan fingerprint density at radius 3 is 2.41 bits per heavy atom. The Morgan fingerprint density at radius 1 is 1.15 bits per heavy atom. The number of benzene rings is 2. The minimum atomic E-state index is -4.55. The van der Waals surface area contributed by atoms with Crippen LogP contribution in [0.1, 0.15) is 47.6 Å². The highest BCUT2D eigenvalue weighted by molar-refractivity contribution is 5.58. The number of nitrogens with one attached hydrogen (secondary N) is 1. The molecule has 1 aliphatic carbocycles. The maximum Gasteiger partial charge on any atom is 0.417 e. The van der Waals surface area contributed by atoms with Crippen LogP contribution in [0.2, 0.25) is 0 Å². The third-order valence-electron chi connectivity index (χ3n) is 5.84. The van der Waals surface area contributed by atoms with Crippen molar-refractivity contribution >= 4 is 5.69 Å². The second-order valence-electron chi connectivity index (χ2n) is 7.47. The highest BCUT2D eigenvalue weighted by Crippen LogP contribution is 2.50. The van der Waals surface area contributed by atoms with E-state index in [1.54, 1.807) is 12.1 Å². The molecular formula is C21H20F3N3. The molecule has 140 valence electrons. The summed E-state index contributed by atoms with van der Waals surface area (Å²) >= 11 is 0. The lowest BCUT2D eigenvalue weighted by Crippen LogP contribution is -2.50. The quantitative estimate of drug-likeness (QED) is 0.815. The standard InChI is InChI=1S/C21H20F3N3/c1-14-3-5-15(6-4-14)19-20(9-2-10-20)26-13-27(19)17-8-7-16(12-25)18(11-17)21(22,23)24/h3-8,11,19,26H,2,9-10,13H2,1H3. The van der Waals surface area contributed by atoms with Crippen molar-refractivity contribution in [2.45, 2.75) is 43.9 Å². The fraction of sp³-hybridized carbons (Fsp3) is 0.381. The van der Waals surface area contributed by atoms with Crippen LogP contribution in [-0.4, -0.2) is 12.2 Å². The number of rotatable bonds is 2. The van der Waals surface area contributed by atoms with Crippen LogP contribution < -0.4 is 10.2 Å². The Balaban J connectivity index is 1.78. The van der Waals surface area contributed by atoms with Crippen LogP contribution >= 0.6 is 0 Å². The molecule has 1 N–H and O–H groups in total. The Hall–Kier alpha value is -2.52. The van der Waals surface area contributed by atoms with Crippen LogP contribution in [0.25, 0.3) is 0 Å². The molecular weight excluding hydrogens is 351 g/mol. The molecule has 0 aromatic heterocycles. The molecule has 3 nitrogen and oxygen atoms in total. The first-order valence-corrected chi connectivity index (χ1v) is 9.04. The van der Waals surface area contributed by atoms with Crippen molar-refractivity contribution in [3.63, 3.8) is 0 Å². The van der Waals surface area contributed by atoms with E-state index in [1.807, 2.05) is 24.0 Å². The lowest BCUT2D eigenvalue weighted by Gasteiger charge is -2.45. The van der Waals surface area contributed by atoms with Crippen molar-refractivity contribution in [1.29, 1.82) is 5.26 Å². The Kier molecular flexibility index (Phi) is 4.15. The van der Waals surface area contributed by atoms with Gasteiger partial charge >= 0.3 is 6.18 Å². The first kappa shape index (κ1) is 17.9. The van der Waals surface area contributed by atoms with Crippen molar-refractivity contribution in [3.8, 4) is 6.07 Å². The fourth-order valence-electron chi connectivity index (χ4n) is 4.27. The molecule has 0 radical (unpaired) electrons. The van der Waals surface area contributed by atoms with E-state index < -0.39 is 11.7 Å².